The standard InChI is InChI=1S/C4H10N2O2/c5-6-3-1-8-2-4(3)7/h3-4,6-7H,1-2,5H2/t3-,4-/m0/s1. The summed E-state index contributed by atoms with van der Waals surface area (Å²) in [7, 11) is 0. The summed E-state index contributed by atoms with van der Waals surface area (Å²) in [5.74, 6) is 5.03. The maximum absolute atomic E-state index is 8.92. The number of nitrogens with two attached hydrogens (primary N) is 1. The van der Waals surface area contributed by atoms with E-state index >= 15 is 0 Å². The molecule has 0 unspecified atom stereocenters. The zero-order valence-corrected chi connectivity index (χ0v) is 4.50. The highest BCUT2D eigenvalue weighted by Gasteiger charge is 2.24. The number of hydrogen-bond acceptors (Lipinski definition) is 4. The SMILES string of the molecule is NN[C@H]1COC[C@@H]1O. The predicted molar refractivity (Wildman–Crippen MR) is 27.9 cm³/mol. The third-order valence-electron chi connectivity index (χ3n) is 1.26. The van der Waals surface area contributed by atoms with Crippen LogP contribution in [0.5, 0.6) is 0 Å². The molecule has 0 saturated carbocycles. The molecule has 1 fully saturated rings. The summed E-state index contributed by atoms with van der Waals surface area (Å²) in [5, 5.41) is 8.92. The van der Waals surface area contributed by atoms with Crippen molar-refractivity contribution in [2.75, 3.05) is 13.2 Å². The van der Waals surface area contributed by atoms with Gasteiger partial charge in [-0.3, -0.25) is 11.3 Å². The minimum absolute atomic E-state index is 0.0741. The lowest BCUT2D eigenvalue weighted by Gasteiger charge is -2.08. The highest BCUT2D eigenvalue weighted by atomic mass is 16.5. The van der Waals surface area contributed by atoms with E-state index in [4.69, 9.17) is 15.7 Å². The first kappa shape index (κ1) is 5.97. The van der Waals surface area contributed by atoms with Crippen molar-refractivity contribution < 1.29 is 9.84 Å². The van der Waals surface area contributed by atoms with Crippen molar-refractivity contribution in [2.24, 2.45) is 5.84 Å². The largest absolute Gasteiger partial charge is 0.389 e. The van der Waals surface area contributed by atoms with Gasteiger partial charge in [-0.2, -0.15) is 0 Å². The third kappa shape index (κ3) is 0.976. The summed E-state index contributed by atoms with van der Waals surface area (Å²) < 4.78 is 4.87. The van der Waals surface area contributed by atoms with Crippen LogP contribution in [0, 0.1) is 0 Å². The van der Waals surface area contributed by atoms with E-state index in [-0.39, 0.29) is 6.04 Å². The number of rotatable bonds is 1. The Morgan fingerprint density at radius 1 is 1.62 bits per heavy atom. The molecule has 0 bridgehead atoms. The monoisotopic (exact) mass is 118 g/mol. The Morgan fingerprint density at radius 3 is 2.62 bits per heavy atom. The van der Waals surface area contributed by atoms with Gasteiger partial charge in [0, 0.05) is 0 Å². The highest BCUT2D eigenvalue weighted by molar-refractivity contribution is 4.77. The summed E-state index contributed by atoms with van der Waals surface area (Å²) >= 11 is 0. The van der Waals surface area contributed by atoms with Gasteiger partial charge in [-0.1, -0.05) is 0 Å². The van der Waals surface area contributed by atoms with Gasteiger partial charge in [0.25, 0.3) is 0 Å². The van der Waals surface area contributed by atoms with E-state index in [0.717, 1.165) is 0 Å². The molecule has 1 heterocycles. The summed E-state index contributed by atoms with van der Waals surface area (Å²) in [6.45, 7) is 0.909. The Kier molecular flexibility index (Phi) is 1.80. The first-order chi connectivity index (χ1) is 3.84. The lowest BCUT2D eigenvalue weighted by molar-refractivity contribution is 0.122. The van der Waals surface area contributed by atoms with Gasteiger partial charge >= 0.3 is 0 Å². The number of hydrazine groups is 1. The Hall–Kier alpha value is -0.160. The molecule has 1 rings (SSSR count). The lowest BCUT2D eigenvalue weighted by Crippen LogP contribution is -2.42. The second-order valence-corrected chi connectivity index (χ2v) is 1.88. The average Bonchev–Trinajstić information content (AvgIpc) is 2.14. The maximum atomic E-state index is 8.92. The summed E-state index contributed by atoms with van der Waals surface area (Å²) in [5.41, 5.74) is 2.44. The smallest absolute Gasteiger partial charge is 0.0962 e. The highest BCUT2D eigenvalue weighted by Crippen LogP contribution is 2.02. The van der Waals surface area contributed by atoms with Crippen molar-refractivity contribution in [1.29, 1.82) is 0 Å². The first-order valence-electron chi connectivity index (χ1n) is 2.56. The molecule has 48 valence electrons. The molecule has 0 amide bonds. The van der Waals surface area contributed by atoms with Crippen LogP contribution in [0.2, 0.25) is 0 Å². The molecule has 0 aromatic rings. The third-order valence-corrected chi connectivity index (χ3v) is 1.26. The van der Waals surface area contributed by atoms with Crippen LogP contribution in [0.15, 0.2) is 0 Å². The van der Waals surface area contributed by atoms with Gasteiger partial charge in [-0.15, -0.1) is 0 Å². The van der Waals surface area contributed by atoms with E-state index in [2.05, 4.69) is 5.43 Å². The second-order valence-electron chi connectivity index (χ2n) is 1.88. The topological polar surface area (TPSA) is 67.5 Å². The molecular weight excluding hydrogens is 108 g/mol. The molecule has 8 heavy (non-hydrogen) atoms. The van der Waals surface area contributed by atoms with Crippen molar-refractivity contribution in [1.82, 2.24) is 5.43 Å². The maximum Gasteiger partial charge on any atom is 0.0962 e. The van der Waals surface area contributed by atoms with E-state index in [1.54, 1.807) is 0 Å². The van der Waals surface area contributed by atoms with Gasteiger partial charge in [0.1, 0.15) is 0 Å². The Bertz CT molecular complexity index is 78.4. The molecule has 1 saturated heterocycles. The van der Waals surface area contributed by atoms with Gasteiger partial charge in [-0.25, -0.2) is 0 Å². The van der Waals surface area contributed by atoms with Crippen LogP contribution >= 0.6 is 0 Å². The average molecular weight is 118 g/mol. The molecule has 1 aliphatic heterocycles. The van der Waals surface area contributed by atoms with E-state index in [0.29, 0.717) is 13.2 Å². The predicted octanol–water partition coefficient (Wildman–Crippen LogP) is -1.79. The molecular formula is C4H10N2O2. The molecule has 0 spiro atoms. The van der Waals surface area contributed by atoms with Crippen molar-refractivity contribution >= 4 is 0 Å². The van der Waals surface area contributed by atoms with Gasteiger partial charge in [-0.05, 0) is 0 Å². The number of ether oxygens (including phenoxy) is 1. The van der Waals surface area contributed by atoms with Crippen LogP contribution < -0.4 is 11.3 Å². The van der Waals surface area contributed by atoms with Crippen LogP contribution in [0.4, 0.5) is 0 Å². The molecule has 4 N–H and O–H groups in total. The van der Waals surface area contributed by atoms with Gasteiger partial charge in [0.05, 0.1) is 25.4 Å². The molecule has 0 aromatic carbocycles. The summed E-state index contributed by atoms with van der Waals surface area (Å²) in [6.07, 6.45) is -0.431. The fourth-order valence-electron chi connectivity index (χ4n) is 0.702. The van der Waals surface area contributed by atoms with Crippen LogP contribution in [-0.4, -0.2) is 30.5 Å². The van der Waals surface area contributed by atoms with Crippen molar-refractivity contribution in [3.8, 4) is 0 Å². The number of aliphatic hydroxyl groups excluding tert-OH is 1. The molecule has 2 atom stereocenters. The second kappa shape index (κ2) is 2.41. The molecule has 4 heteroatoms. The first-order valence-corrected chi connectivity index (χ1v) is 2.56. The van der Waals surface area contributed by atoms with E-state index in [1.807, 2.05) is 0 Å². The van der Waals surface area contributed by atoms with Crippen LogP contribution in [0.1, 0.15) is 0 Å². The van der Waals surface area contributed by atoms with E-state index in [9.17, 15) is 0 Å². The number of aliphatic hydroxyl groups is 1. The van der Waals surface area contributed by atoms with E-state index in [1.165, 1.54) is 0 Å². The summed E-state index contributed by atoms with van der Waals surface area (Å²) in [6, 6.07) is -0.0741. The fraction of sp³-hybridized carbons (Fsp3) is 1.00. The van der Waals surface area contributed by atoms with Crippen LogP contribution in [0.3, 0.4) is 0 Å². The van der Waals surface area contributed by atoms with Crippen molar-refractivity contribution in [3.63, 3.8) is 0 Å². The van der Waals surface area contributed by atoms with Gasteiger partial charge in [0.2, 0.25) is 0 Å². The van der Waals surface area contributed by atoms with Crippen molar-refractivity contribution in [2.45, 2.75) is 12.1 Å². The molecule has 4 nitrogen and oxygen atoms in total. The Labute approximate surface area is 47.6 Å². The van der Waals surface area contributed by atoms with Gasteiger partial charge < -0.3 is 9.84 Å². The quantitative estimate of drug-likeness (QED) is 0.281. The number of hydrogen-bond donors (Lipinski definition) is 3. The van der Waals surface area contributed by atoms with Crippen molar-refractivity contribution in [3.05, 3.63) is 0 Å². The normalized spacial score (nSPS) is 38.2. The minimum Gasteiger partial charge on any atom is -0.389 e. The molecule has 0 aliphatic carbocycles. The molecule has 1 aliphatic rings. The number of nitrogens with one attached hydrogen (secondary N) is 1. The Balaban J connectivity index is 2.30. The zero-order chi connectivity index (χ0) is 5.98. The Morgan fingerprint density at radius 2 is 2.38 bits per heavy atom. The summed E-state index contributed by atoms with van der Waals surface area (Å²) in [4.78, 5) is 0. The van der Waals surface area contributed by atoms with Crippen LogP contribution in [-0.2, 0) is 4.74 Å². The molecule has 0 aromatic heterocycles. The molecule has 0 radical (unpaired) electrons. The lowest BCUT2D eigenvalue weighted by atomic mass is 10.2. The minimum atomic E-state index is -0.431. The van der Waals surface area contributed by atoms with Gasteiger partial charge in [0.15, 0.2) is 0 Å². The fourth-order valence-corrected chi connectivity index (χ4v) is 0.702. The van der Waals surface area contributed by atoms with E-state index < -0.39 is 6.10 Å². The zero-order valence-electron chi connectivity index (χ0n) is 4.50. The van der Waals surface area contributed by atoms with Crippen LogP contribution in [0.25, 0.3) is 0 Å².